The lowest BCUT2D eigenvalue weighted by molar-refractivity contribution is 0.323. The van der Waals surface area contributed by atoms with Gasteiger partial charge in [0.15, 0.2) is 23.0 Å². The zero-order valence-corrected chi connectivity index (χ0v) is 24.0. The van der Waals surface area contributed by atoms with Crippen LogP contribution in [-0.2, 0) is 16.4 Å². The summed E-state index contributed by atoms with van der Waals surface area (Å²) in [7, 11) is 3.89. The van der Waals surface area contributed by atoms with Crippen LogP contribution in [-0.4, -0.2) is 44.0 Å². The van der Waals surface area contributed by atoms with Gasteiger partial charge < -0.3 is 23.7 Å². The van der Waals surface area contributed by atoms with Gasteiger partial charge in [-0.2, -0.15) is 0 Å². The molecule has 0 heterocycles. The maximum atomic E-state index is 13.1. The van der Waals surface area contributed by atoms with Crippen LogP contribution in [0.2, 0.25) is 0 Å². The van der Waals surface area contributed by atoms with Gasteiger partial charge in [0.25, 0.3) is 10.0 Å². The van der Waals surface area contributed by atoms with Crippen LogP contribution in [0.25, 0.3) is 0 Å². The fraction of sp³-hybridized carbons (Fsp3) is 0.308. The van der Waals surface area contributed by atoms with Gasteiger partial charge in [-0.25, -0.2) is 8.42 Å². The standard InChI is InChI=1S/C26H30INO7S/c1-16(11-17-12-23(33-4)26(35-6)24(13-17)34-5)18-7-9-19(10-8-18)28-36(29,30)25-15-22(32-3)21(31-2)14-20(25)27/h7-10,12-16,28H,11H2,1-6H3. The van der Waals surface area contributed by atoms with Gasteiger partial charge in [0.05, 0.1) is 35.5 Å². The van der Waals surface area contributed by atoms with Crippen molar-refractivity contribution in [3.8, 4) is 28.7 Å². The van der Waals surface area contributed by atoms with Crippen molar-refractivity contribution in [1.29, 1.82) is 0 Å². The quantitative estimate of drug-likeness (QED) is 0.282. The summed E-state index contributed by atoms with van der Waals surface area (Å²) in [4.78, 5) is 0.112. The molecule has 36 heavy (non-hydrogen) atoms. The predicted molar refractivity (Wildman–Crippen MR) is 148 cm³/mol. The summed E-state index contributed by atoms with van der Waals surface area (Å²) in [5.74, 6) is 2.73. The average molecular weight is 627 g/mol. The topological polar surface area (TPSA) is 92.3 Å². The number of nitrogens with one attached hydrogen (secondary N) is 1. The Morgan fingerprint density at radius 3 is 1.81 bits per heavy atom. The monoisotopic (exact) mass is 627 g/mol. The van der Waals surface area contributed by atoms with Crippen LogP contribution >= 0.6 is 22.6 Å². The molecule has 0 aromatic heterocycles. The zero-order valence-electron chi connectivity index (χ0n) is 21.0. The summed E-state index contributed by atoms with van der Waals surface area (Å²) in [5.41, 5.74) is 2.56. The van der Waals surface area contributed by atoms with Crippen molar-refractivity contribution >= 4 is 38.3 Å². The van der Waals surface area contributed by atoms with Crippen molar-refractivity contribution in [3.05, 3.63) is 63.2 Å². The molecule has 0 saturated carbocycles. The zero-order chi connectivity index (χ0) is 26.5. The summed E-state index contributed by atoms with van der Waals surface area (Å²) < 4.78 is 56.2. The van der Waals surface area contributed by atoms with Gasteiger partial charge in [0.2, 0.25) is 5.75 Å². The lowest BCUT2D eigenvalue weighted by atomic mass is 9.93. The highest BCUT2D eigenvalue weighted by molar-refractivity contribution is 14.1. The van der Waals surface area contributed by atoms with E-state index < -0.39 is 10.0 Å². The number of rotatable bonds is 11. The third-order valence-electron chi connectivity index (χ3n) is 5.73. The van der Waals surface area contributed by atoms with Crippen molar-refractivity contribution in [2.45, 2.75) is 24.2 Å². The molecule has 1 atom stereocenters. The second-order valence-corrected chi connectivity index (χ2v) is 10.8. The number of sulfonamides is 1. The van der Waals surface area contributed by atoms with Crippen molar-refractivity contribution in [2.24, 2.45) is 0 Å². The summed E-state index contributed by atoms with van der Waals surface area (Å²) in [6, 6.07) is 14.3. The largest absolute Gasteiger partial charge is 0.493 e. The Bertz CT molecular complexity index is 1290. The number of methoxy groups -OCH3 is 5. The van der Waals surface area contributed by atoms with Crippen LogP contribution < -0.4 is 28.4 Å². The van der Waals surface area contributed by atoms with Crippen LogP contribution in [0, 0.1) is 3.57 Å². The van der Waals surface area contributed by atoms with Crippen molar-refractivity contribution in [1.82, 2.24) is 0 Å². The third-order valence-corrected chi connectivity index (χ3v) is 8.41. The smallest absolute Gasteiger partial charge is 0.263 e. The van der Waals surface area contributed by atoms with E-state index in [9.17, 15) is 8.42 Å². The number of ether oxygens (including phenoxy) is 5. The molecular formula is C26H30INO7S. The molecule has 3 aromatic rings. The van der Waals surface area contributed by atoms with Gasteiger partial charge in [0, 0.05) is 15.3 Å². The molecule has 1 N–H and O–H groups in total. The molecule has 0 aliphatic rings. The highest BCUT2D eigenvalue weighted by atomic mass is 127. The molecule has 1 unspecified atom stereocenters. The second-order valence-electron chi connectivity index (χ2n) is 8.00. The van der Waals surface area contributed by atoms with Gasteiger partial charge in [-0.05, 0) is 76.4 Å². The van der Waals surface area contributed by atoms with E-state index in [2.05, 4.69) is 11.6 Å². The molecule has 194 valence electrons. The van der Waals surface area contributed by atoms with Crippen LogP contribution in [0.3, 0.4) is 0 Å². The van der Waals surface area contributed by atoms with Gasteiger partial charge in [-0.1, -0.05) is 19.1 Å². The second kappa shape index (κ2) is 11.9. The van der Waals surface area contributed by atoms with Crippen molar-refractivity contribution in [2.75, 3.05) is 40.3 Å². The Morgan fingerprint density at radius 1 is 0.778 bits per heavy atom. The summed E-state index contributed by atoms with van der Waals surface area (Å²) in [6.45, 7) is 2.11. The van der Waals surface area contributed by atoms with E-state index in [1.165, 1.54) is 20.3 Å². The Balaban J connectivity index is 1.79. The molecule has 0 radical (unpaired) electrons. The van der Waals surface area contributed by atoms with Gasteiger partial charge >= 0.3 is 0 Å². The van der Waals surface area contributed by atoms with Crippen molar-refractivity contribution in [3.63, 3.8) is 0 Å². The van der Waals surface area contributed by atoms with Gasteiger partial charge in [-0.3, -0.25) is 4.72 Å². The van der Waals surface area contributed by atoms with E-state index in [0.29, 0.717) is 38.0 Å². The molecule has 0 fully saturated rings. The highest BCUT2D eigenvalue weighted by Crippen LogP contribution is 2.39. The molecule has 10 heteroatoms. The lowest BCUT2D eigenvalue weighted by Gasteiger charge is -2.17. The maximum Gasteiger partial charge on any atom is 0.263 e. The Kier molecular flexibility index (Phi) is 9.18. The number of halogens is 1. The van der Waals surface area contributed by atoms with E-state index in [0.717, 1.165) is 17.5 Å². The number of hydrogen-bond donors (Lipinski definition) is 1. The fourth-order valence-electron chi connectivity index (χ4n) is 3.86. The Morgan fingerprint density at radius 2 is 1.31 bits per heavy atom. The first-order chi connectivity index (χ1) is 17.2. The Hall–Kier alpha value is -2.86. The van der Waals surface area contributed by atoms with Crippen molar-refractivity contribution < 1.29 is 32.1 Å². The average Bonchev–Trinajstić information content (AvgIpc) is 2.87. The SMILES string of the molecule is COc1cc(I)c(S(=O)(=O)Nc2ccc(C(C)Cc3cc(OC)c(OC)c(OC)c3)cc2)cc1OC. The van der Waals surface area contributed by atoms with Gasteiger partial charge in [0.1, 0.15) is 4.90 Å². The molecule has 3 aromatic carbocycles. The lowest BCUT2D eigenvalue weighted by Crippen LogP contribution is -2.15. The molecule has 0 amide bonds. The van der Waals surface area contributed by atoms with Crippen LogP contribution in [0.4, 0.5) is 5.69 Å². The normalized spacial score (nSPS) is 12.0. The van der Waals surface area contributed by atoms with E-state index in [1.807, 2.05) is 46.9 Å². The predicted octanol–water partition coefficient (Wildman–Crippen LogP) is 5.48. The summed E-state index contributed by atoms with van der Waals surface area (Å²) >= 11 is 1.97. The van der Waals surface area contributed by atoms with Crippen LogP contribution in [0.15, 0.2) is 53.4 Å². The summed E-state index contributed by atoms with van der Waals surface area (Å²) in [5, 5.41) is 0. The molecule has 3 rings (SSSR count). The molecule has 0 spiro atoms. The molecule has 0 saturated heterocycles. The molecule has 0 bridgehead atoms. The number of anilines is 1. The van der Waals surface area contributed by atoms with E-state index in [-0.39, 0.29) is 10.8 Å². The van der Waals surface area contributed by atoms with E-state index in [1.54, 1.807) is 39.5 Å². The molecule has 8 nitrogen and oxygen atoms in total. The van der Waals surface area contributed by atoms with E-state index in [4.69, 9.17) is 23.7 Å². The number of hydrogen-bond acceptors (Lipinski definition) is 7. The maximum absolute atomic E-state index is 13.1. The third kappa shape index (κ3) is 6.09. The van der Waals surface area contributed by atoms with Gasteiger partial charge in [-0.15, -0.1) is 0 Å². The highest BCUT2D eigenvalue weighted by Gasteiger charge is 2.22. The first-order valence-corrected chi connectivity index (χ1v) is 13.6. The fourth-order valence-corrected chi connectivity index (χ4v) is 6.30. The molecule has 0 aliphatic heterocycles. The minimum atomic E-state index is -3.84. The minimum Gasteiger partial charge on any atom is -0.493 e. The molecular weight excluding hydrogens is 597 g/mol. The van der Waals surface area contributed by atoms with E-state index >= 15 is 0 Å². The minimum absolute atomic E-state index is 0.112. The number of benzene rings is 3. The Labute approximate surface area is 226 Å². The van der Waals surface area contributed by atoms with Crippen LogP contribution in [0.5, 0.6) is 28.7 Å². The van der Waals surface area contributed by atoms with Crippen LogP contribution in [0.1, 0.15) is 24.0 Å². The first kappa shape index (κ1) is 27.7. The molecule has 0 aliphatic carbocycles. The first-order valence-electron chi connectivity index (χ1n) is 11.0. The summed E-state index contributed by atoms with van der Waals surface area (Å²) in [6.07, 6.45) is 0.728.